The summed E-state index contributed by atoms with van der Waals surface area (Å²) in [5, 5.41) is 3.15. The minimum absolute atomic E-state index is 0.160. The zero-order valence-corrected chi connectivity index (χ0v) is 12.0. The molecule has 0 aromatic rings. The van der Waals surface area contributed by atoms with Crippen molar-refractivity contribution < 1.29 is 9.59 Å². The van der Waals surface area contributed by atoms with Crippen molar-refractivity contribution in [1.29, 1.82) is 0 Å². The predicted molar refractivity (Wildman–Crippen MR) is 74.9 cm³/mol. The zero-order chi connectivity index (χ0) is 13.7. The molecule has 2 rings (SSSR count). The summed E-state index contributed by atoms with van der Waals surface area (Å²) in [7, 11) is 0. The van der Waals surface area contributed by atoms with Crippen LogP contribution < -0.4 is 5.32 Å². The lowest BCUT2D eigenvalue weighted by molar-refractivity contribution is -0.124. The number of hydrogen-bond donors (Lipinski definition) is 1. The van der Waals surface area contributed by atoms with E-state index in [0.29, 0.717) is 18.4 Å². The Labute approximate surface area is 115 Å². The largest absolute Gasteiger partial charge is 0.352 e. The summed E-state index contributed by atoms with van der Waals surface area (Å²) in [6, 6.07) is 0.399. The molecule has 4 nitrogen and oxygen atoms in total. The van der Waals surface area contributed by atoms with Crippen LogP contribution in [0.25, 0.3) is 0 Å². The average Bonchev–Trinajstić information content (AvgIpc) is 2.40. The van der Waals surface area contributed by atoms with E-state index in [1.807, 2.05) is 0 Å². The first-order valence-corrected chi connectivity index (χ1v) is 7.67. The Morgan fingerprint density at radius 1 is 1.05 bits per heavy atom. The number of Topliss-reactive ketones (excluding diaryl/α,β-unsaturated/α-hetero) is 1. The van der Waals surface area contributed by atoms with Gasteiger partial charge in [0.2, 0.25) is 5.91 Å². The zero-order valence-electron chi connectivity index (χ0n) is 12.0. The van der Waals surface area contributed by atoms with E-state index in [4.69, 9.17) is 0 Å². The summed E-state index contributed by atoms with van der Waals surface area (Å²) in [4.78, 5) is 25.4. The molecule has 19 heavy (non-hydrogen) atoms. The maximum absolute atomic E-state index is 12.0. The fourth-order valence-electron chi connectivity index (χ4n) is 3.22. The highest BCUT2D eigenvalue weighted by molar-refractivity contribution is 5.79. The molecule has 1 amide bonds. The van der Waals surface area contributed by atoms with Crippen LogP contribution in [0, 0.1) is 5.92 Å². The van der Waals surface area contributed by atoms with Crippen LogP contribution in [0.3, 0.4) is 0 Å². The van der Waals surface area contributed by atoms with E-state index in [-0.39, 0.29) is 11.8 Å². The van der Waals surface area contributed by atoms with Gasteiger partial charge < -0.3 is 5.32 Å². The van der Waals surface area contributed by atoms with Crippen molar-refractivity contribution in [3.63, 3.8) is 0 Å². The molecule has 0 atom stereocenters. The highest BCUT2D eigenvalue weighted by Crippen LogP contribution is 2.19. The quantitative estimate of drug-likeness (QED) is 0.843. The Kier molecular flexibility index (Phi) is 5.37. The second-order valence-electron chi connectivity index (χ2n) is 6.06. The Morgan fingerprint density at radius 2 is 1.68 bits per heavy atom. The van der Waals surface area contributed by atoms with Crippen LogP contribution in [0.1, 0.15) is 51.9 Å². The van der Waals surface area contributed by atoms with Crippen molar-refractivity contribution in [3.05, 3.63) is 0 Å². The molecule has 0 aromatic heterocycles. The molecule has 1 heterocycles. The topological polar surface area (TPSA) is 49.4 Å². The molecule has 0 spiro atoms. The van der Waals surface area contributed by atoms with Crippen LogP contribution >= 0.6 is 0 Å². The highest BCUT2D eigenvalue weighted by atomic mass is 16.2. The third-order valence-corrected chi connectivity index (χ3v) is 4.50. The molecular formula is C15H26N2O2. The molecule has 1 saturated carbocycles. The Morgan fingerprint density at radius 3 is 2.26 bits per heavy atom. The molecule has 1 N–H and O–H groups in total. The summed E-state index contributed by atoms with van der Waals surface area (Å²) in [6.45, 7) is 3.93. The predicted octanol–water partition coefficient (Wildman–Crippen LogP) is 1.74. The van der Waals surface area contributed by atoms with Crippen LogP contribution in [0.2, 0.25) is 0 Å². The molecular weight excluding hydrogens is 240 g/mol. The standard InChI is InChI=1S/C15H26N2O2/c1-12(18)13-7-9-17(10-8-13)11-15(19)16-14-5-3-2-4-6-14/h13-14H,2-11H2,1H3,(H,16,19). The van der Waals surface area contributed by atoms with Crippen molar-refractivity contribution in [2.45, 2.75) is 57.9 Å². The molecule has 1 aliphatic carbocycles. The van der Waals surface area contributed by atoms with Gasteiger partial charge in [0.25, 0.3) is 0 Å². The van der Waals surface area contributed by atoms with Crippen LogP contribution in [-0.2, 0) is 9.59 Å². The summed E-state index contributed by atoms with van der Waals surface area (Å²) in [5.41, 5.74) is 0. The molecule has 4 heteroatoms. The molecule has 0 bridgehead atoms. The molecule has 1 saturated heterocycles. The van der Waals surface area contributed by atoms with Gasteiger partial charge in [-0.05, 0) is 45.7 Å². The van der Waals surface area contributed by atoms with Crippen molar-refractivity contribution in [1.82, 2.24) is 10.2 Å². The number of carbonyl (C=O) groups excluding carboxylic acids is 2. The Balaban J connectivity index is 1.67. The lowest BCUT2D eigenvalue weighted by Crippen LogP contribution is -2.45. The van der Waals surface area contributed by atoms with E-state index in [1.54, 1.807) is 6.92 Å². The number of nitrogens with one attached hydrogen (secondary N) is 1. The highest BCUT2D eigenvalue weighted by Gasteiger charge is 2.24. The second kappa shape index (κ2) is 7.04. The minimum atomic E-state index is 0.160. The molecule has 0 aromatic carbocycles. The Bertz CT molecular complexity index is 316. The number of amides is 1. The van der Waals surface area contributed by atoms with Gasteiger partial charge in [0.05, 0.1) is 6.54 Å². The van der Waals surface area contributed by atoms with E-state index >= 15 is 0 Å². The van der Waals surface area contributed by atoms with Crippen molar-refractivity contribution in [2.75, 3.05) is 19.6 Å². The SMILES string of the molecule is CC(=O)C1CCN(CC(=O)NC2CCCCC2)CC1. The van der Waals surface area contributed by atoms with Crippen LogP contribution in [-0.4, -0.2) is 42.3 Å². The molecule has 1 aliphatic heterocycles. The average molecular weight is 266 g/mol. The van der Waals surface area contributed by atoms with Crippen molar-refractivity contribution >= 4 is 11.7 Å². The smallest absolute Gasteiger partial charge is 0.234 e. The number of nitrogens with zero attached hydrogens (tertiary/aromatic N) is 1. The van der Waals surface area contributed by atoms with Crippen molar-refractivity contribution in [2.24, 2.45) is 5.92 Å². The molecule has 108 valence electrons. The number of hydrogen-bond acceptors (Lipinski definition) is 3. The van der Waals surface area contributed by atoms with Gasteiger partial charge in [-0.25, -0.2) is 0 Å². The Hall–Kier alpha value is -0.900. The molecule has 0 unspecified atom stereocenters. The van der Waals surface area contributed by atoms with Crippen LogP contribution in [0.4, 0.5) is 0 Å². The fraction of sp³-hybridized carbons (Fsp3) is 0.867. The molecule has 0 radical (unpaired) electrons. The first kappa shape index (κ1) is 14.5. The molecule has 2 aliphatic rings. The van der Waals surface area contributed by atoms with Gasteiger partial charge in [-0.1, -0.05) is 19.3 Å². The fourth-order valence-corrected chi connectivity index (χ4v) is 3.22. The maximum atomic E-state index is 12.0. The summed E-state index contributed by atoms with van der Waals surface area (Å²) in [6.07, 6.45) is 7.89. The number of rotatable bonds is 4. The van der Waals surface area contributed by atoms with Crippen LogP contribution in [0.5, 0.6) is 0 Å². The summed E-state index contributed by atoms with van der Waals surface area (Å²) < 4.78 is 0. The van der Waals surface area contributed by atoms with E-state index in [0.717, 1.165) is 38.8 Å². The first-order chi connectivity index (χ1) is 9.15. The lowest BCUT2D eigenvalue weighted by Gasteiger charge is -2.31. The normalized spacial score (nSPS) is 23.2. The minimum Gasteiger partial charge on any atom is -0.352 e. The number of likely N-dealkylation sites (tertiary alicyclic amines) is 1. The number of piperidine rings is 1. The van der Waals surface area contributed by atoms with Crippen molar-refractivity contribution in [3.8, 4) is 0 Å². The molecule has 2 fully saturated rings. The number of ketones is 1. The van der Waals surface area contributed by atoms with E-state index in [9.17, 15) is 9.59 Å². The summed E-state index contributed by atoms with van der Waals surface area (Å²) >= 11 is 0. The van der Waals surface area contributed by atoms with Gasteiger partial charge in [-0.15, -0.1) is 0 Å². The van der Waals surface area contributed by atoms with E-state index < -0.39 is 0 Å². The summed E-state index contributed by atoms with van der Waals surface area (Å²) in [5.74, 6) is 0.678. The maximum Gasteiger partial charge on any atom is 0.234 e. The van der Waals surface area contributed by atoms with Gasteiger partial charge in [0.15, 0.2) is 0 Å². The lowest BCUT2D eigenvalue weighted by atomic mass is 9.93. The van der Waals surface area contributed by atoms with E-state index in [2.05, 4.69) is 10.2 Å². The monoisotopic (exact) mass is 266 g/mol. The van der Waals surface area contributed by atoms with Gasteiger partial charge in [0, 0.05) is 12.0 Å². The van der Waals surface area contributed by atoms with Crippen LogP contribution in [0.15, 0.2) is 0 Å². The van der Waals surface area contributed by atoms with E-state index in [1.165, 1.54) is 19.3 Å². The van der Waals surface area contributed by atoms with Gasteiger partial charge >= 0.3 is 0 Å². The van der Waals surface area contributed by atoms with Gasteiger partial charge in [-0.3, -0.25) is 14.5 Å². The second-order valence-corrected chi connectivity index (χ2v) is 6.06. The number of carbonyl (C=O) groups is 2. The third kappa shape index (κ3) is 4.60. The third-order valence-electron chi connectivity index (χ3n) is 4.50. The van der Waals surface area contributed by atoms with Gasteiger partial charge in [0.1, 0.15) is 5.78 Å². The first-order valence-electron chi connectivity index (χ1n) is 7.67. The van der Waals surface area contributed by atoms with Gasteiger partial charge in [-0.2, -0.15) is 0 Å².